The van der Waals surface area contributed by atoms with E-state index >= 15 is 0 Å². The van der Waals surface area contributed by atoms with Crippen LogP contribution in [0.2, 0.25) is 0 Å². The van der Waals surface area contributed by atoms with Crippen molar-refractivity contribution in [3.8, 4) is 0 Å². The molecule has 2 aliphatic carbocycles. The number of hydrogen-bond donors (Lipinski definition) is 2. The SMILES string of the molecule is CC(=O)N[C@H]1C(C)(C)[C@@H]2C[C@@H]3[C@@H](CCNC(=O)c4cccc(F)c4)OCC[C@@]31C2. The molecule has 2 N–H and O–H groups in total. The minimum atomic E-state index is -0.413. The molecule has 5 atom stereocenters. The number of carbonyl (C=O) groups is 2. The third-order valence-electron chi connectivity index (χ3n) is 7.77. The fourth-order valence-electron chi connectivity index (χ4n) is 6.46. The molecule has 2 saturated carbocycles. The van der Waals surface area contributed by atoms with Crippen molar-refractivity contribution >= 4 is 11.8 Å². The third kappa shape index (κ3) is 3.45. The second-order valence-corrected chi connectivity index (χ2v) is 9.65. The molecule has 0 aromatic heterocycles. The van der Waals surface area contributed by atoms with E-state index in [0.29, 0.717) is 30.6 Å². The molecule has 6 heteroatoms. The van der Waals surface area contributed by atoms with Crippen LogP contribution in [-0.2, 0) is 9.53 Å². The Labute approximate surface area is 171 Å². The molecule has 5 nitrogen and oxygen atoms in total. The van der Waals surface area contributed by atoms with E-state index < -0.39 is 5.82 Å². The minimum Gasteiger partial charge on any atom is -0.378 e. The molecule has 2 bridgehead atoms. The Hall–Kier alpha value is -1.95. The van der Waals surface area contributed by atoms with Gasteiger partial charge in [-0.15, -0.1) is 0 Å². The topological polar surface area (TPSA) is 67.4 Å². The van der Waals surface area contributed by atoms with E-state index in [1.165, 1.54) is 18.2 Å². The Morgan fingerprint density at radius 1 is 1.31 bits per heavy atom. The van der Waals surface area contributed by atoms with Gasteiger partial charge in [-0.05, 0) is 66.5 Å². The molecular weight excluding hydrogens is 371 g/mol. The molecule has 1 spiro atoms. The van der Waals surface area contributed by atoms with Crippen LogP contribution in [0.15, 0.2) is 24.3 Å². The molecule has 1 saturated heterocycles. The van der Waals surface area contributed by atoms with Gasteiger partial charge in [-0.2, -0.15) is 0 Å². The lowest BCUT2D eigenvalue weighted by Gasteiger charge is -2.53. The number of amides is 2. The first kappa shape index (κ1) is 20.3. The predicted molar refractivity (Wildman–Crippen MR) is 108 cm³/mol. The summed E-state index contributed by atoms with van der Waals surface area (Å²) in [6.07, 6.45) is 4.05. The van der Waals surface area contributed by atoms with Gasteiger partial charge < -0.3 is 15.4 Å². The lowest BCUT2D eigenvalue weighted by Crippen LogP contribution is -2.60. The summed E-state index contributed by atoms with van der Waals surface area (Å²) < 4.78 is 19.5. The summed E-state index contributed by atoms with van der Waals surface area (Å²) >= 11 is 0. The molecule has 158 valence electrons. The van der Waals surface area contributed by atoms with Crippen LogP contribution in [0.4, 0.5) is 4.39 Å². The van der Waals surface area contributed by atoms with E-state index in [9.17, 15) is 14.0 Å². The van der Waals surface area contributed by atoms with E-state index in [0.717, 1.165) is 25.7 Å². The highest BCUT2D eigenvalue weighted by Crippen LogP contribution is 2.68. The molecule has 1 aliphatic heterocycles. The maximum atomic E-state index is 13.3. The summed E-state index contributed by atoms with van der Waals surface area (Å²) in [7, 11) is 0. The molecule has 3 fully saturated rings. The highest BCUT2D eigenvalue weighted by Gasteiger charge is 2.68. The molecule has 1 aromatic rings. The number of hydrogen-bond acceptors (Lipinski definition) is 3. The third-order valence-corrected chi connectivity index (χ3v) is 7.77. The standard InChI is InChI=1S/C23H31FN2O3/c1-14(27)26-21-22(2,3)16-12-18-19(29-10-8-23(18,21)13-16)7-9-25-20(28)15-5-4-6-17(24)11-15/h4-6,11,16,18-19,21H,7-10,12-13H2,1-3H3,(H,25,28)(H,26,27)/t16-,18-,19-,21+,23-/m1/s1. The Morgan fingerprint density at radius 3 is 2.83 bits per heavy atom. The van der Waals surface area contributed by atoms with Crippen molar-refractivity contribution in [1.29, 1.82) is 0 Å². The summed E-state index contributed by atoms with van der Waals surface area (Å²) in [5.74, 6) is 0.339. The quantitative estimate of drug-likeness (QED) is 0.794. The van der Waals surface area contributed by atoms with Crippen molar-refractivity contribution in [3.63, 3.8) is 0 Å². The Balaban J connectivity index is 1.42. The van der Waals surface area contributed by atoms with E-state index in [-0.39, 0.29) is 34.8 Å². The van der Waals surface area contributed by atoms with Crippen molar-refractivity contribution in [2.75, 3.05) is 13.2 Å². The number of ether oxygens (including phenoxy) is 1. The minimum absolute atomic E-state index is 0.0362. The first-order valence-corrected chi connectivity index (χ1v) is 10.7. The molecule has 3 aliphatic rings. The number of fused-ring (bicyclic) bond motifs is 1. The normalized spacial score (nSPS) is 34.5. The van der Waals surface area contributed by atoms with Crippen LogP contribution in [0, 0.1) is 28.5 Å². The van der Waals surface area contributed by atoms with Crippen molar-refractivity contribution in [2.24, 2.45) is 22.7 Å². The van der Waals surface area contributed by atoms with Crippen LogP contribution in [0.3, 0.4) is 0 Å². The van der Waals surface area contributed by atoms with Crippen LogP contribution in [0.5, 0.6) is 0 Å². The molecule has 4 rings (SSSR count). The first-order chi connectivity index (χ1) is 13.7. The van der Waals surface area contributed by atoms with Gasteiger partial charge in [-0.3, -0.25) is 9.59 Å². The van der Waals surface area contributed by atoms with Gasteiger partial charge in [-0.25, -0.2) is 4.39 Å². The number of benzene rings is 1. The second-order valence-electron chi connectivity index (χ2n) is 9.65. The summed E-state index contributed by atoms with van der Waals surface area (Å²) in [6, 6.07) is 5.90. The summed E-state index contributed by atoms with van der Waals surface area (Å²) in [6.45, 7) is 7.36. The molecule has 2 amide bonds. The summed E-state index contributed by atoms with van der Waals surface area (Å²) in [5.41, 5.74) is 0.517. The molecule has 0 radical (unpaired) electrons. The maximum Gasteiger partial charge on any atom is 0.251 e. The van der Waals surface area contributed by atoms with Gasteiger partial charge in [-0.1, -0.05) is 19.9 Å². The molecule has 1 aromatic carbocycles. The largest absolute Gasteiger partial charge is 0.378 e. The predicted octanol–water partition coefficient (Wildman–Crippen LogP) is 3.29. The van der Waals surface area contributed by atoms with Gasteiger partial charge in [0.2, 0.25) is 5.91 Å². The average Bonchev–Trinajstić information content (AvgIpc) is 3.15. The van der Waals surface area contributed by atoms with Crippen molar-refractivity contribution in [1.82, 2.24) is 10.6 Å². The summed E-state index contributed by atoms with van der Waals surface area (Å²) in [4.78, 5) is 24.2. The Morgan fingerprint density at radius 2 is 2.10 bits per heavy atom. The zero-order valence-electron chi connectivity index (χ0n) is 17.5. The summed E-state index contributed by atoms with van der Waals surface area (Å²) in [5, 5.41) is 6.17. The van der Waals surface area contributed by atoms with Gasteiger partial charge in [0.1, 0.15) is 5.82 Å². The van der Waals surface area contributed by atoms with Gasteiger partial charge in [0, 0.05) is 31.7 Å². The van der Waals surface area contributed by atoms with Crippen molar-refractivity contribution in [3.05, 3.63) is 35.6 Å². The van der Waals surface area contributed by atoms with Crippen LogP contribution in [0.25, 0.3) is 0 Å². The maximum absolute atomic E-state index is 13.3. The lowest BCUT2D eigenvalue weighted by molar-refractivity contribution is -0.135. The molecule has 0 unspecified atom stereocenters. The van der Waals surface area contributed by atoms with Crippen molar-refractivity contribution in [2.45, 2.75) is 58.6 Å². The highest BCUT2D eigenvalue weighted by atomic mass is 19.1. The fraction of sp³-hybridized carbons (Fsp3) is 0.652. The smallest absolute Gasteiger partial charge is 0.251 e. The van der Waals surface area contributed by atoms with Gasteiger partial charge in [0.25, 0.3) is 5.91 Å². The number of halogens is 1. The lowest BCUT2D eigenvalue weighted by atomic mass is 9.59. The zero-order chi connectivity index (χ0) is 20.8. The number of carbonyl (C=O) groups excluding carboxylic acids is 2. The monoisotopic (exact) mass is 402 g/mol. The Bertz CT molecular complexity index is 811. The molecule has 29 heavy (non-hydrogen) atoms. The van der Waals surface area contributed by atoms with Gasteiger partial charge >= 0.3 is 0 Å². The average molecular weight is 403 g/mol. The van der Waals surface area contributed by atoms with Gasteiger partial charge in [0.05, 0.1) is 6.10 Å². The highest BCUT2D eigenvalue weighted by molar-refractivity contribution is 5.94. The second kappa shape index (κ2) is 7.38. The van der Waals surface area contributed by atoms with E-state index in [1.807, 2.05) is 0 Å². The number of rotatable bonds is 5. The van der Waals surface area contributed by atoms with Crippen LogP contribution in [-0.4, -0.2) is 37.1 Å². The van der Waals surface area contributed by atoms with E-state index in [2.05, 4.69) is 24.5 Å². The van der Waals surface area contributed by atoms with Gasteiger partial charge in [0.15, 0.2) is 0 Å². The van der Waals surface area contributed by atoms with Crippen molar-refractivity contribution < 1.29 is 18.7 Å². The fourth-order valence-corrected chi connectivity index (χ4v) is 6.46. The van der Waals surface area contributed by atoms with Crippen LogP contribution in [0.1, 0.15) is 56.8 Å². The molecular formula is C23H31FN2O3. The van der Waals surface area contributed by atoms with E-state index in [1.54, 1.807) is 13.0 Å². The van der Waals surface area contributed by atoms with Crippen LogP contribution >= 0.6 is 0 Å². The van der Waals surface area contributed by atoms with E-state index in [4.69, 9.17) is 4.74 Å². The Kier molecular flexibility index (Phi) is 5.18. The first-order valence-electron chi connectivity index (χ1n) is 10.7. The molecule has 1 heterocycles. The zero-order valence-corrected chi connectivity index (χ0v) is 17.5. The number of nitrogens with one attached hydrogen (secondary N) is 2. The van der Waals surface area contributed by atoms with Crippen LogP contribution < -0.4 is 10.6 Å².